The first-order valence-corrected chi connectivity index (χ1v) is 3.67. The second-order valence-corrected chi connectivity index (χ2v) is 2.85. The third kappa shape index (κ3) is 1.72. The fourth-order valence-corrected chi connectivity index (χ4v) is 1.31. The van der Waals surface area contributed by atoms with E-state index < -0.39 is 28.4 Å². The van der Waals surface area contributed by atoms with Crippen LogP contribution >= 0.6 is 11.5 Å². The molecule has 0 aromatic carbocycles. The third-order valence-electron chi connectivity index (χ3n) is 1.19. The van der Waals surface area contributed by atoms with Crippen LogP contribution in [0.25, 0.3) is 0 Å². The fourth-order valence-electron chi connectivity index (χ4n) is 0.656. The number of rotatable bonds is 1. The highest BCUT2D eigenvalue weighted by molar-refractivity contribution is 7.08. The summed E-state index contributed by atoms with van der Waals surface area (Å²) in [6.07, 6.45) is -4.70. The third-order valence-corrected chi connectivity index (χ3v) is 2.04. The lowest BCUT2D eigenvalue weighted by atomic mass is 10.3. The Hall–Kier alpha value is -1.31. The minimum Gasteiger partial charge on any atom is -0.477 e. The SMILES string of the molecule is Nc1c(C(F)(F)F)nsc1C(=O)O. The molecular formula is C5H3F3N2O2S. The van der Waals surface area contributed by atoms with Crippen molar-refractivity contribution >= 4 is 23.2 Å². The molecule has 1 rings (SSSR count). The zero-order valence-corrected chi connectivity index (χ0v) is 6.74. The zero-order chi connectivity index (χ0) is 10.2. The highest BCUT2D eigenvalue weighted by Crippen LogP contribution is 2.35. The van der Waals surface area contributed by atoms with Crippen molar-refractivity contribution in [1.29, 1.82) is 0 Å². The van der Waals surface area contributed by atoms with E-state index in [0.29, 0.717) is 0 Å². The number of carboxylic acid groups (broad SMARTS) is 1. The quantitative estimate of drug-likeness (QED) is 0.738. The summed E-state index contributed by atoms with van der Waals surface area (Å²) < 4.78 is 38.9. The molecule has 72 valence electrons. The van der Waals surface area contributed by atoms with Crippen LogP contribution in [0.4, 0.5) is 18.9 Å². The largest absolute Gasteiger partial charge is 0.477 e. The van der Waals surface area contributed by atoms with E-state index >= 15 is 0 Å². The van der Waals surface area contributed by atoms with E-state index in [1.54, 1.807) is 0 Å². The van der Waals surface area contributed by atoms with Gasteiger partial charge in [-0.25, -0.2) is 4.79 Å². The van der Waals surface area contributed by atoms with E-state index in [9.17, 15) is 18.0 Å². The van der Waals surface area contributed by atoms with Gasteiger partial charge in [-0.15, -0.1) is 0 Å². The van der Waals surface area contributed by atoms with Crippen molar-refractivity contribution < 1.29 is 23.1 Å². The van der Waals surface area contributed by atoms with Gasteiger partial charge in [0.1, 0.15) is 0 Å². The fraction of sp³-hybridized carbons (Fsp3) is 0.200. The molecule has 0 saturated heterocycles. The number of carboxylic acids is 1. The lowest BCUT2D eigenvalue weighted by Gasteiger charge is -2.02. The van der Waals surface area contributed by atoms with Gasteiger partial charge in [0.2, 0.25) is 0 Å². The Morgan fingerprint density at radius 1 is 1.54 bits per heavy atom. The predicted molar refractivity (Wildman–Crippen MR) is 38.5 cm³/mol. The smallest absolute Gasteiger partial charge is 0.436 e. The van der Waals surface area contributed by atoms with E-state index in [2.05, 4.69) is 4.37 Å². The van der Waals surface area contributed by atoms with Crippen molar-refractivity contribution in [3.8, 4) is 0 Å². The molecule has 0 aliphatic rings. The molecule has 4 nitrogen and oxygen atoms in total. The summed E-state index contributed by atoms with van der Waals surface area (Å²) >= 11 is 0.217. The average Bonchev–Trinajstić information content (AvgIpc) is 2.28. The van der Waals surface area contributed by atoms with Crippen LogP contribution < -0.4 is 5.73 Å². The number of alkyl halides is 3. The van der Waals surface area contributed by atoms with Crippen molar-refractivity contribution in [3.63, 3.8) is 0 Å². The molecule has 0 radical (unpaired) electrons. The molecule has 0 aliphatic heterocycles. The molecule has 0 unspecified atom stereocenters. The van der Waals surface area contributed by atoms with Gasteiger partial charge in [0.05, 0.1) is 5.69 Å². The van der Waals surface area contributed by atoms with E-state index in [1.165, 1.54) is 0 Å². The average molecular weight is 212 g/mol. The van der Waals surface area contributed by atoms with Crippen LogP contribution in [0.3, 0.4) is 0 Å². The van der Waals surface area contributed by atoms with Crippen molar-refractivity contribution in [2.75, 3.05) is 5.73 Å². The summed E-state index contributed by atoms with van der Waals surface area (Å²) in [7, 11) is 0. The molecular weight excluding hydrogens is 209 g/mol. The van der Waals surface area contributed by atoms with Gasteiger partial charge in [0.15, 0.2) is 10.6 Å². The highest BCUT2D eigenvalue weighted by atomic mass is 32.1. The Morgan fingerprint density at radius 3 is 2.31 bits per heavy atom. The highest BCUT2D eigenvalue weighted by Gasteiger charge is 2.38. The molecule has 0 aliphatic carbocycles. The lowest BCUT2D eigenvalue weighted by Crippen LogP contribution is -2.09. The van der Waals surface area contributed by atoms with Gasteiger partial charge in [-0.05, 0) is 11.5 Å². The topological polar surface area (TPSA) is 76.2 Å². The van der Waals surface area contributed by atoms with Crippen LogP contribution in [0.2, 0.25) is 0 Å². The lowest BCUT2D eigenvalue weighted by molar-refractivity contribution is -0.139. The number of nitrogen functional groups attached to an aromatic ring is 1. The van der Waals surface area contributed by atoms with Crippen LogP contribution in [0.1, 0.15) is 15.4 Å². The Kier molecular flexibility index (Phi) is 2.16. The standard InChI is InChI=1S/C5H3F3N2O2S/c6-5(7,8)3-1(9)2(4(11)12)13-10-3/h9H2,(H,11,12). The van der Waals surface area contributed by atoms with Gasteiger partial charge in [-0.1, -0.05) is 0 Å². The van der Waals surface area contributed by atoms with Crippen LogP contribution in [0.5, 0.6) is 0 Å². The Bertz CT molecular complexity index is 346. The number of carbonyl (C=O) groups is 1. The minimum absolute atomic E-state index is 0.217. The van der Waals surface area contributed by atoms with E-state index in [-0.39, 0.29) is 11.5 Å². The second kappa shape index (κ2) is 2.87. The number of aromatic nitrogens is 1. The summed E-state index contributed by atoms with van der Waals surface area (Å²) in [4.78, 5) is 9.69. The Morgan fingerprint density at radius 2 is 2.08 bits per heavy atom. The van der Waals surface area contributed by atoms with E-state index in [0.717, 1.165) is 0 Å². The molecule has 0 spiro atoms. The van der Waals surface area contributed by atoms with Crippen molar-refractivity contribution in [1.82, 2.24) is 4.37 Å². The van der Waals surface area contributed by atoms with Crippen molar-refractivity contribution in [3.05, 3.63) is 10.6 Å². The van der Waals surface area contributed by atoms with Gasteiger partial charge in [0, 0.05) is 0 Å². The van der Waals surface area contributed by atoms with E-state index in [1.807, 2.05) is 0 Å². The van der Waals surface area contributed by atoms with Crippen LogP contribution in [0, 0.1) is 0 Å². The van der Waals surface area contributed by atoms with Crippen molar-refractivity contribution in [2.24, 2.45) is 0 Å². The molecule has 13 heavy (non-hydrogen) atoms. The molecule has 0 bridgehead atoms. The zero-order valence-electron chi connectivity index (χ0n) is 5.92. The predicted octanol–water partition coefficient (Wildman–Crippen LogP) is 1.44. The monoisotopic (exact) mass is 212 g/mol. The summed E-state index contributed by atoms with van der Waals surface area (Å²) in [5.41, 5.74) is 2.77. The van der Waals surface area contributed by atoms with Crippen LogP contribution in [-0.2, 0) is 6.18 Å². The molecule has 0 amide bonds. The Labute approximate surface area is 74.0 Å². The van der Waals surface area contributed by atoms with Gasteiger partial charge in [-0.3, -0.25) is 0 Å². The number of aromatic carboxylic acids is 1. The van der Waals surface area contributed by atoms with Crippen LogP contribution in [-0.4, -0.2) is 15.4 Å². The number of nitrogens with two attached hydrogens (primary N) is 1. The maximum Gasteiger partial charge on any atom is 0.436 e. The maximum atomic E-state index is 12.0. The molecule has 0 fully saturated rings. The van der Waals surface area contributed by atoms with Gasteiger partial charge >= 0.3 is 12.1 Å². The van der Waals surface area contributed by atoms with Gasteiger partial charge in [-0.2, -0.15) is 17.5 Å². The molecule has 3 N–H and O–H groups in total. The molecule has 1 heterocycles. The number of nitrogens with zero attached hydrogens (tertiary/aromatic N) is 1. The number of hydrogen-bond acceptors (Lipinski definition) is 4. The molecule has 8 heteroatoms. The number of anilines is 1. The first-order chi connectivity index (χ1) is 5.84. The summed E-state index contributed by atoms with van der Waals surface area (Å²) in [6, 6.07) is 0. The van der Waals surface area contributed by atoms with Gasteiger partial charge in [0.25, 0.3) is 0 Å². The van der Waals surface area contributed by atoms with Gasteiger partial charge < -0.3 is 10.8 Å². The van der Waals surface area contributed by atoms with E-state index in [4.69, 9.17) is 10.8 Å². The molecule has 1 aromatic rings. The summed E-state index contributed by atoms with van der Waals surface area (Å²) in [5, 5.41) is 8.37. The molecule has 0 saturated carbocycles. The molecule has 1 aromatic heterocycles. The molecule has 0 atom stereocenters. The minimum atomic E-state index is -4.70. The number of hydrogen-bond donors (Lipinski definition) is 2. The maximum absolute atomic E-state index is 12.0. The van der Waals surface area contributed by atoms with Crippen LogP contribution in [0.15, 0.2) is 0 Å². The Balaban J connectivity index is 3.22. The summed E-state index contributed by atoms with van der Waals surface area (Å²) in [5.74, 6) is -1.51. The number of halogens is 3. The first kappa shape index (κ1) is 9.78. The normalized spacial score (nSPS) is 11.6. The summed E-state index contributed by atoms with van der Waals surface area (Å²) in [6.45, 7) is 0. The van der Waals surface area contributed by atoms with Crippen molar-refractivity contribution in [2.45, 2.75) is 6.18 Å². The first-order valence-electron chi connectivity index (χ1n) is 2.89. The second-order valence-electron chi connectivity index (χ2n) is 2.08.